The van der Waals surface area contributed by atoms with E-state index in [4.69, 9.17) is 4.74 Å². The molecule has 0 saturated heterocycles. The van der Waals surface area contributed by atoms with Crippen molar-refractivity contribution in [1.82, 2.24) is 4.98 Å². The summed E-state index contributed by atoms with van der Waals surface area (Å²) in [4.78, 5) is 4.53. The third-order valence-electron chi connectivity index (χ3n) is 2.09. The molecular formula is C12H19NO. The molecular weight excluding hydrogens is 174 g/mol. The smallest absolute Gasteiger partial charge is 0.0714 e. The topological polar surface area (TPSA) is 22.1 Å². The van der Waals surface area contributed by atoms with Gasteiger partial charge in [-0.2, -0.15) is 0 Å². The van der Waals surface area contributed by atoms with E-state index in [1.165, 1.54) is 5.56 Å². The third-order valence-corrected chi connectivity index (χ3v) is 2.09. The van der Waals surface area contributed by atoms with Gasteiger partial charge >= 0.3 is 0 Å². The van der Waals surface area contributed by atoms with Crippen molar-refractivity contribution in [3.63, 3.8) is 0 Å². The summed E-state index contributed by atoms with van der Waals surface area (Å²) in [5.41, 5.74) is 3.49. The maximum absolute atomic E-state index is 5.12. The number of methoxy groups -OCH3 is 1. The van der Waals surface area contributed by atoms with Gasteiger partial charge in [-0.25, -0.2) is 0 Å². The van der Waals surface area contributed by atoms with E-state index in [-0.39, 0.29) is 5.41 Å². The molecule has 0 N–H and O–H groups in total. The van der Waals surface area contributed by atoms with Gasteiger partial charge in [0.25, 0.3) is 0 Å². The molecule has 0 aliphatic carbocycles. The number of aromatic nitrogens is 1. The van der Waals surface area contributed by atoms with Crippen LogP contribution in [0.4, 0.5) is 0 Å². The second-order valence-electron chi connectivity index (χ2n) is 4.69. The van der Waals surface area contributed by atoms with E-state index in [2.05, 4.69) is 37.9 Å². The summed E-state index contributed by atoms with van der Waals surface area (Å²) in [6.45, 7) is 9.20. The molecule has 1 aromatic rings. The monoisotopic (exact) mass is 193 g/mol. The molecule has 0 unspecified atom stereocenters. The fourth-order valence-electron chi connectivity index (χ4n) is 1.37. The predicted molar refractivity (Wildman–Crippen MR) is 58.4 cm³/mol. The zero-order valence-corrected chi connectivity index (χ0v) is 9.72. The highest BCUT2D eigenvalue weighted by Crippen LogP contribution is 2.21. The molecule has 0 aromatic carbocycles. The van der Waals surface area contributed by atoms with Crippen LogP contribution in [0.5, 0.6) is 0 Å². The molecule has 1 aromatic heterocycles. The Morgan fingerprint density at radius 3 is 2.43 bits per heavy atom. The molecule has 1 rings (SSSR count). The lowest BCUT2D eigenvalue weighted by Crippen LogP contribution is -2.14. The Balaban J connectivity index is 3.07. The highest BCUT2D eigenvalue weighted by molar-refractivity contribution is 5.24. The summed E-state index contributed by atoms with van der Waals surface area (Å²) in [6, 6.07) is 4.19. The van der Waals surface area contributed by atoms with E-state index in [9.17, 15) is 0 Å². The van der Waals surface area contributed by atoms with Crippen molar-refractivity contribution in [1.29, 1.82) is 0 Å². The summed E-state index contributed by atoms with van der Waals surface area (Å²) in [7, 11) is 1.71. The molecule has 2 heteroatoms. The van der Waals surface area contributed by atoms with Crippen molar-refractivity contribution < 1.29 is 4.74 Å². The lowest BCUT2D eigenvalue weighted by Gasteiger charge is -2.19. The van der Waals surface area contributed by atoms with Gasteiger partial charge in [-0.3, -0.25) is 4.98 Å². The van der Waals surface area contributed by atoms with Crippen LogP contribution in [-0.2, 0) is 16.8 Å². The maximum Gasteiger partial charge on any atom is 0.0714 e. The van der Waals surface area contributed by atoms with Crippen molar-refractivity contribution >= 4 is 0 Å². The number of pyridine rings is 1. The molecule has 2 nitrogen and oxygen atoms in total. The van der Waals surface area contributed by atoms with Gasteiger partial charge in [0.05, 0.1) is 6.61 Å². The molecule has 0 radical (unpaired) electrons. The Kier molecular flexibility index (Phi) is 3.27. The Bertz CT molecular complexity index is 313. The van der Waals surface area contributed by atoms with E-state index in [1.54, 1.807) is 7.11 Å². The lowest BCUT2D eigenvalue weighted by molar-refractivity contribution is 0.184. The van der Waals surface area contributed by atoms with Gasteiger partial charge < -0.3 is 4.74 Å². The maximum atomic E-state index is 5.12. The van der Waals surface area contributed by atoms with Crippen molar-refractivity contribution in [2.24, 2.45) is 0 Å². The van der Waals surface area contributed by atoms with E-state index >= 15 is 0 Å². The SMILES string of the molecule is COCc1cc(C)nc(C(C)(C)C)c1. The molecule has 0 spiro atoms. The largest absolute Gasteiger partial charge is 0.380 e. The number of hydrogen-bond acceptors (Lipinski definition) is 2. The van der Waals surface area contributed by atoms with Crippen LogP contribution in [0, 0.1) is 6.92 Å². The minimum Gasteiger partial charge on any atom is -0.380 e. The van der Waals surface area contributed by atoms with Crippen LogP contribution in [0.3, 0.4) is 0 Å². The van der Waals surface area contributed by atoms with Crippen LogP contribution in [0.1, 0.15) is 37.7 Å². The van der Waals surface area contributed by atoms with Crippen LogP contribution in [0.25, 0.3) is 0 Å². The Labute approximate surface area is 86.3 Å². The molecule has 14 heavy (non-hydrogen) atoms. The Morgan fingerprint density at radius 2 is 1.93 bits per heavy atom. The molecule has 0 aliphatic heterocycles. The summed E-state index contributed by atoms with van der Waals surface area (Å²) in [6.07, 6.45) is 0. The lowest BCUT2D eigenvalue weighted by atomic mass is 9.90. The third kappa shape index (κ3) is 2.81. The summed E-state index contributed by atoms with van der Waals surface area (Å²) >= 11 is 0. The van der Waals surface area contributed by atoms with Crippen LogP contribution < -0.4 is 0 Å². The number of rotatable bonds is 2. The molecule has 0 fully saturated rings. The van der Waals surface area contributed by atoms with Gasteiger partial charge in [-0.05, 0) is 24.6 Å². The van der Waals surface area contributed by atoms with Crippen LogP contribution >= 0.6 is 0 Å². The number of aryl methyl sites for hydroxylation is 1. The average Bonchev–Trinajstić information content (AvgIpc) is 2.02. The first-order chi connectivity index (χ1) is 6.43. The van der Waals surface area contributed by atoms with E-state index in [0.717, 1.165) is 11.4 Å². The van der Waals surface area contributed by atoms with Gasteiger partial charge in [0.15, 0.2) is 0 Å². The Morgan fingerprint density at radius 1 is 1.29 bits per heavy atom. The van der Waals surface area contributed by atoms with Crippen LogP contribution in [0.15, 0.2) is 12.1 Å². The summed E-state index contributed by atoms with van der Waals surface area (Å²) in [5, 5.41) is 0. The fraction of sp³-hybridized carbons (Fsp3) is 0.583. The zero-order valence-electron chi connectivity index (χ0n) is 9.72. The first-order valence-electron chi connectivity index (χ1n) is 4.90. The minimum absolute atomic E-state index is 0.106. The van der Waals surface area contributed by atoms with Crippen LogP contribution in [0.2, 0.25) is 0 Å². The first kappa shape index (κ1) is 11.2. The zero-order chi connectivity index (χ0) is 10.8. The van der Waals surface area contributed by atoms with Gasteiger partial charge in [-0.1, -0.05) is 20.8 Å². The van der Waals surface area contributed by atoms with Gasteiger partial charge in [0.1, 0.15) is 0 Å². The van der Waals surface area contributed by atoms with Gasteiger partial charge in [0, 0.05) is 23.9 Å². The number of hydrogen-bond donors (Lipinski definition) is 0. The second kappa shape index (κ2) is 4.09. The summed E-state index contributed by atoms with van der Waals surface area (Å²) in [5.74, 6) is 0. The summed E-state index contributed by atoms with van der Waals surface area (Å²) < 4.78 is 5.12. The molecule has 0 amide bonds. The molecule has 1 heterocycles. The normalized spacial score (nSPS) is 11.8. The van der Waals surface area contributed by atoms with Crippen molar-refractivity contribution in [2.45, 2.75) is 39.7 Å². The van der Waals surface area contributed by atoms with E-state index in [1.807, 2.05) is 6.92 Å². The highest BCUT2D eigenvalue weighted by atomic mass is 16.5. The minimum atomic E-state index is 0.106. The Hall–Kier alpha value is -0.890. The first-order valence-corrected chi connectivity index (χ1v) is 4.90. The van der Waals surface area contributed by atoms with Crippen molar-refractivity contribution in [3.05, 3.63) is 29.1 Å². The van der Waals surface area contributed by atoms with Gasteiger partial charge in [-0.15, -0.1) is 0 Å². The van der Waals surface area contributed by atoms with Crippen molar-refractivity contribution in [3.8, 4) is 0 Å². The molecule has 0 aliphatic rings. The molecule has 0 saturated carbocycles. The quantitative estimate of drug-likeness (QED) is 0.720. The predicted octanol–water partition coefficient (Wildman–Crippen LogP) is 2.83. The molecule has 0 bridgehead atoms. The molecule has 0 atom stereocenters. The number of ether oxygens (including phenoxy) is 1. The van der Waals surface area contributed by atoms with Crippen LogP contribution in [-0.4, -0.2) is 12.1 Å². The van der Waals surface area contributed by atoms with E-state index in [0.29, 0.717) is 6.61 Å². The standard InChI is InChI=1S/C12H19NO/c1-9-6-10(8-14-5)7-11(13-9)12(2,3)4/h6-7H,8H2,1-5H3. The highest BCUT2D eigenvalue weighted by Gasteiger charge is 2.16. The second-order valence-corrected chi connectivity index (χ2v) is 4.69. The number of nitrogens with zero attached hydrogens (tertiary/aromatic N) is 1. The fourth-order valence-corrected chi connectivity index (χ4v) is 1.37. The van der Waals surface area contributed by atoms with E-state index < -0.39 is 0 Å². The molecule has 78 valence electrons. The van der Waals surface area contributed by atoms with Gasteiger partial charge in [0.2, 0.25) is 0 Å². The average molecular weight is 193 g/mol. The van der Waals surface area contributed by atoms with Crippen molar-refractivity contribution in [2.75, 3.05) is 7.11 Å².